The minimum Gasteiger partial charge on any atom is -0.477 e. The van der Waals surface area contributed by atoms with Gasteiger partial charge in [-0.3, -0.25) is 14.5 Å². The average molecular weight is 468 g/mol. The molecule has 1 saturated heterocycles. The monoisotopic (exact) mass is 468 g/mol. The normalized spacial score (nSPS) is 22.8. The molecule has 16 heteroatoms. The van der Waals surface area contributed by atoms with Crippen molar-refractivity contribution in [1.29, 1.82) is 0 Å². The van der Waals surface area contributed by atoms with Crippen molar-refractivity contribution >= 4 is 41.3 Å². The highest BCUT2D eigenvalue weighted by molar-refractivity contribution is 8.01. The van der Waals surface area contributed by atoms with Crippen molar-refractivity contribution in [2.24, 2.45) is 0 Å². The lowest BCUT2D eigenvalue weighted by Crippen LogP contribution is -2.80. The van der Waals surface area contributed by atoms with Gasteiger partial charge in [-0.2, -0.15) is 0 Å². The molecule has 2 aliphatic heterocycles. The van der Waals surface area contributed by atoms with Gasteiger partial charge in [0.1, 0.15) is 23.9 Å². The van der Waals surface area contributed by atoms with Gasteiger partial charge in [0.2, 0.25) is 11.8 Å². The van der Waals surface area contributed by atoms with E-state index in [9.17, 15) is 19.5 Å². The molecule has 2 unspecified atom stereocenters. The highest BCUT2D eigenvalue weighted by Crippen LogP contribution is 2.47. The van der Waals surface area contributed by atoms with Crippen LogP contribution in [-0.2, 0) is 25.7 Å². The van der Waals surface area contributed by atoms with E-state index in [0.29, 0.717) is 22.4 Å². The third-order valence-electron chi connectivity index (χ3n) is 4.53. The number of nitrogens with zero attached hydrogens (tertiary/aromatic N) is 7. The van der Waals surface area contributed by atoms with E-state index in [1.807, 2.05) is 0 Å². The number of aryl methyl sites for hydroxylation is 1. The van der Waals surface area contributed by atoms with E-state index in [2.05, 4.69) is 31.0 Å². The molecule has 0 aromatic carbocycles. The number of thioether (sulfide) groups is 2. The smallest absolute Gasteiger partial charge is 0.352 e. The molecule has 2 atom stereocenters. The Balaban J connectivity index is 1.52. The van der Waals surface area contributed by atoms with Crippen LogP contribution in [0.2, 0.25) is 0 Å². The van der Waals surface area contributed by atoms with Crippen LogP contribution in [0.3, 0.4) is 0 Å². The predicted octanol–water partition coefficient (Wildman–Crippen LogP) is -1.13. The number of carboxylic acids is 1. The van der Waals surface area contributed by atoms with Gasteiger partial charge in [0.25, 0.3) is 16.9 Å². The summed E-state index contributed by atoms with van der Waals surface area (Å²) >= 11 is 2.47. The molecule has 0 bridgehead atoms. The van der Waals surface area contributed by atoms with Crippen LogP contribution in [0, 0.1) is 6.92 Å². The Hall–Kier alpha value is -2.98. The lowest BCUT2D eigenvalue weighted by atomic mass is 9.98. The molecule has 31 heavy (non-hydrogen) atoms. The molecule has 4 rings (SSSR count). The van der Waals surface area contributed by atoms with Crippen molar-refractivity contribution < 1.29 is 28.6 Å². The summed E-state index contributed by atoms with van der Waals surface area (Å²) in [6.45, 7) is 1.42. The molecule has 0 radical (unpaired) electrons. The van der Waals surface area contributed by atoms with Crippen LogP contribution < -0.4 is 5.32 Å². The van der Waals surface area contributed by atoms with Gasteiger partial charge in [-0.15, -0.1) is 27.1 Å². The standard InChI is InChI=1S/C15H16N8O6S2/c1-7-18-19-14(29-7)31-5-8-4-30-13-15(28-2,12(27)23(13)10(8)11(25)26)17-9(24)3-22-6-16-20-21-22/h6,13H,3-5H2,1-2H3,(H,17,24)(H,25,26). The zero-order chi connectivity index (χ0) is 22.2. The SMILES string of the molecule is COC1(NC(=O)Cn2cnnn2)C(=O)N2C(C(=O)O)=C(CSc3nnc(C)o3)CSC21. The topological polar surface area (TPSA) is 178 Å². The zero-order valence-corrected chi connectivity index (χ0v) is 17.8. The first-order valence-electron chi connectivity index (χ1n) is 8.76. The van der Waals surface area contributed by atoms with Gasteiger partial charge in [-0.25, -0.2) is 9.48 Å². The molecular formula is C15H16N8O6S2. The Labute approximate surface area is 182 Å². The third-order valence-corrected chi connectivity index (χ3v) is 6.81. The summed E-state index contributed by atoms with van der Waals surface area (Å²) in [6, 6.07) is 0. The fourth-order valence-electron chi connectivity index (χ4n) is 3.19. The number of carbonyl (C=O) groups excluding carboxylic acids is 2. The number of hydrogen-bond acceptors (Lipinski definition) is 12. The molecule has 4 heterocycles. The largest absolute Gasteiger partial charge is 0.477 e. The summed E-state index contributed by atoms with van der Waals surface area (Å²) in [5.41, 5.74) is -1.30. The number of carbonyl (C=O) groups is 3. The molecule has 14 nitrogen and oxygen atoms in total. The van der Waals surface area contributed by atoms with Crippen molar-refractivity contribution in [2.45, 2.75) is 29.8 Å². The van der Waals surface area contributed by atoms with E-state index in [1.165, 1.54) is 41.6 Å². The molecule has 0 aliphatic carbocycles. The van der Waals surface area contributed by atoms with Gasteiger partial charge in [-0.05, 0) is 16.0 Å². The van der Waals surface area contributed by atoms with Crippen molar-refractivity contribution in [1.82, 2.24) is 40.6 Å². The molecule has 2 amide bonds. The van der Waals surface area contributed by atoms with E-state index in [4.69, 9.17) is 9.15 Å². The van der Waals surface area contributed by atoms with Crippen molar-refractivity contribution in [3.63, 3.8) is 0 Å². The Morgan fingerprint density at radius 2 is 2.29 bits per heavy atom. The third kappa shape index (κ3) is 3.77. The summed E-state index contributed by atoms with van der Waals surface area (Å²) in [7, 11) is 1.28. The zero-order valence-electron chi connectivity index (χ0n) is 16.2. The number of nitrogens with one attached hydrogen (secondary N) is 1. The maximum absolute atomic E-state index is 13.0. The molecule has 0 spiro atoms. The number of hydrogen-bond donors (Lipinski definition) is 2. The van der Waals surface area contributed by atoms with Gasteiger partial charge in [0.05, 0.1) is 0 Å². The van der Waals surface area contributed by atoms with Crippen molar-refractivity contribution in [3.05, 3.63) is 23.5 Å². The second-order valence-corrected chi connectivity index (χ2v) is 8.46. The number of amides is 2. The van der Waals surface area contributed by atoms with Crippen LogP contribution in [0.1, 0.15) is 5.89 Å². The average Bonchev–Trinajstić information content (AvgIpc) is 3.40. The first kappa shape index (κ1) is 21.3. The molecular weight excluding hydrogens is 452 g/mol. The van der Waals surface area contributed by atoms with Crippen LogP contribution in [0.25, 0.3) is 0 Å². The van der Waals surface area contributed by atoms with Gasteiger partial charge in [0.15, 0.2) is 0 Å². The number of fused-ring (bicyclic) bond motifs is 1. The van der Waals surface area contributed by atoms with E-state index in [0.717, 1.165) is 4.90 Å². The van der Waals surface area contributed by atoms with Crippen LogP contribution >= 0.6 is 23.5 Å². The Kier molecular flexibility index (Phi) is 5.67. The number of β-lactam (4-membered cyclic amide) rings is 1. The fraction of sp³-hybridized carbons (Fsp3) is 0.467. The number of carboxylic acid groups (broad SMARTS) is 1. The molecule has 2 aromatic rings. The van der Waals surface area contributed by atoms with Crippen LogP contribution in [0.4, 0.5) is 0 Å². The van der Waals surface area contributed by atoms with E-state index in [1.54, 1.807) is 6.92 Å². The minimum atomic E-state index is -1.68. The summed E-state index contributed by atoms with van der Waals surface area (Å²) in [6.07, 6.45) is 1.25. The summed E-state index contributed by atoms with van der Waals surface area (Å²) in [5, 5.41) is 30.0. The van der Waals surface area contributed by atoms with Gasteiger partial charge in [-0.1, -0.05) is 11.8 Å². The second-order valence-electron chi connectivity index (χ2n) is 6.47. The quantitative estimate of drug-likeness (QED) is 0.270. The minimum absolute atomic E-state index is 0.139. The number of tetrazole rings is 1. The van der Waals surface area contributed by atoms with Gasteiger partial charge >= 0.3 is 5.97 Å². The molecule has 2 N–H and O–H groups in total. The summed E-state index contributed by atoms with van der Waals surface area (Å²) in [4.78, 5) is 38.5. The molecule has 164 valence electrons. The molecule has 1 fully saturated rings. The van der Waals surface area contributed by atoms with Crippen molar-refractivity contribution in [2.75, 3.05) is 18.6 Å². The predicted molar refractivity (Wildman–Crippen MR) is 103 cm³/mol. The number of ether oxygens (including phenoxy) is 1. The second kappa shape index (κ2) is 8.27. The Morgan fingerprint density at radius 3 is 2.90 bits per heavy atom. The number of aromatic nitrogens is 6. The molecule has 2 aliphatic rings. The van der Waals surface area contributed by atoms with E-state index >= 15 is 0 Å². The maximum atomic E-state index is 13.0. The fourth-order valence-corrected chi connectivity index (χ4v) is 5.57. The highest BCUT2D eigenvalue weighted by atomic mass is 32.2. The van der Waals surface area contributed by atoms with Crippen LogP contribution in [0.15, 0.2) is 27.2 Å². The first-order valence-corrected chi connectivity index (χ1v) is 10.8. The van der Waals surface area contributed by atoms with E-state index < -0.39 is 28.9 Å². The lowest BCUT2D eigenvalue weighted by Gasteiger charge is -2.55. The molecule has 2 aromatic heterocycles. The first-order chi connectivity index (χ1) is 14.9. The van der Waals surface area contributed by atoms with Gasteiger partial charge in [0, 0.05) is 25.5 Å². The van der Waals surface area contributed by atoms with Crippen LogP contribution in [-0.4, -0.2) is 87.9 Å². The maximum Gasteiger partial charge on any atom is 0.352 e. The highest BCUT2D eigenvalue weighted by Gasteiger charge is 2.66. The van der Waals surface area contributed by atoms with E-state index in [-0.39, 0.29) is 18.0 Å². The summed E-state index contributed by atoms with van der Waals surface area (Å²) in [5.74, 6) is -1.53. The number of methoxy groups -OCH3 is 1. The summed E-state index contributed by atoms with van der Waals surface area (Å²) < 4.78 is 11.9. The Morgan fingerprint density at radius 1 is 1.48 bits per heavy atom. The number of rotatable bonds is 8. The van der Waals surface area contributed by atoms with Crippen molar-refractivity contribution in [3.8, 4) is 0 Å². The number of aliphatic carboxylic acids is 1. The Bertz CT molecular complexity index is 1060. The molecule has 0 saturated carbocycles. The van der Waals surface area contributed by atoms with Gasteiger partial charge < -0.3 is 19.6 Å². The lowest BCUT2D eigenvalue weighted by molar-refractivity contribution is -0.192. The van der Waals surface area contributed by atoms with Crippen LogP contribution in [0.5, 0.6) is 0 Å².